The second-order valence-corrected chi connectivity index (χ2v) is 1.57. The van der Waals surface area contributed by atoms with Crippen LogP contribution >= 0.6 is 0 Å². The molecule has 0 saturated heterocycles. The monoisotopic (exact) mass is 136 g/mol. The molecule has 1 aromatic heterocycles. The Morgan fingerprint density at radius 1 is 1.70 bits per heavy atom. The molecule has 4 nitrogen and oxygen atoms in total. The van der Waals surface area contributed by atoms with Gasteiger partial charge in [0.15, 0.2) is 0 Å². The van der Waals surface area contributed by atoms with Crippen LogP contribution in [0.25, 0.3) is 0 Å². The van der Waals surface area contributed by atoms with Crippen molar-refractivity contribution in [3.05, 3.63) is 24.0 Å². The van der Waals surface area contributed by atoms with Gasteiger partial charge in [0, 0.05) is 6.20 Å². The van der Waals surface area contributed by atoms with Crippen LogP contribution in [-0.2, 0) is 0 Å². The molecule has 0 aliphatic rings. The van der Waals surface area contributed by atoms with E-state index in [2.05, 4.69) is 9.87 Å². The predicted octanol–water partition coefficient (Wildman–Crippen LogP) is 0.805. The van der Waals surface area contributed by atoms with Crippen molar-refractivity contribution in [2.75, 3.05) is 0 Å². The van der Waals surface area contributed by atoms with E-state index in [1.54, 1.807) is 0 Å². The van der Waals surface area contributed by atoms with E-state index in [-0.39, 0.29) is 11.3 Å². The first kappa shape index (κ1) is 6.52. The van der Waals surface area contributed by atoms with Gasteiger partial charge in [0.2, 0.25) is 5.75 Å². The summed E-state index contributed by atoms with van der Waals surface area (Å²) in [5.74, 6) is 0.0741. The number of hydrogen-bond acceptors (Lipinski definition) is 4. The van der Waals surface area contributed by atoms with Gasteiger partial charge in [-0.2, -0.15) is 5.26 Å². The van der Waals surface area contributed by atoms with Gasteiger partial charge >= 0.3 is 0 Å². The molecule has 0 saturated carbocycles. The van der Waals surface area contributed by atoms with Crippen LogP contribution in [0.2, 0.25) is 0 Å². The number of nitrogens with zero attached hydrogens (tertiary/aromatic N) is 2. The molecule has 1 N–H and O–H groups in total. The van der Waals surface area contributed by atoms with Crippen molar-refractivity contribution in [1.82, 2.24) is 4.98 Å². The van der Waals surface area contributed by atoms with Crippen molar-refractivity contribution in [2.45, 2.75) is 0 Å². The maximum absolute atomic E-state index is 8.38. The Labute approximate surface area is 57.2 Å². The molecule has 0 aliphatic carbocycles. The fraction of sp³-hybridized carbons (Fsp3) is 0. The smallest absolute Gasteiger partial charge is 0.201 e. The highest BCUT2D eigenvalue weighted by molar-refractivity contribution is 5.39. The van der Waals surface area contributed by atoms with Crippen LogP contribution in [-0.4, -0.2) is 10.2 Å². The fourth-order valence-electron chi connectivity index (χ4n) is 0.545. The summed E-state index contributed by atoms with van der Waals surface area (Å²) in [6.45, 7) is 0. The quantitative estimate of drug-likeness (QED) is 0.458. The first-order chi connectivity index (χ1) is 4.88. The number of nitriles is 1. The Morgan fingerprint density at radius 3 is 3.00 bits per heavy atom. The summed E-state index contributed by atoms with van der Waals surface area (Å²) in [4.78, 5) is 7.48. The van der Waals surface area contributed by atoms with Crippen molar-refractivity contribution in [2.24, 2.45) is 0 Å². The second kappa shape index (κ2) is 2.80. The van der Waals surface area contributed by atoms with Crippen molar-refractivity contribution in [3.63, 3.8) is 0 Å². The number of aromatic nitrogens is 1. The van der Waals surface area contributed by atoms with Gasteiger partial charge < -0.3 is 4.89 Å². The van der Waals surface area contributed by atoms with E-state index in [4.69, 9.17) is 10.5 Å². The lowest BCUT2D eigenvalue weighted by Gasteiger charge is -1.94. The average Bonchev–Trinajstić information content (AvgIpc) is 2.04. The zero-order valence-corrected chi connectivity index (χ0v) is 4.98. The lowest BCUT2D eigenvalue weighted by Crippen LogP contribution is -1.88. The van der Waals surface area contributed by atoms with Crippen LogP contribution in [0.1, 0.15) is 5.56 Å². The van der Waals surface area contributed by atoms with Gasteiger partial charge in [-0.15, -0.1) is 0 Å². The van der Waals surface area contributed by atoms with Crippen LogP contribution in [0.15, 0.2) is 18.5 Å². The van der Waals surface area contributed by atoms with Gasteiger partial charge in [-0.3, -0.25) is 4.98 Å². The Bertz CT molecular complexity index is 267. The molecule has 1 heterocycles. The van der Waals surface area contributed by atoms with Gasteiger partial charge in [-0.1, -0.05) is 0 Å². The van der Waals surface area contributed by atoms with Gasteiger partial charge in [0.1, 0.15) is 11.6 Å². The first-order valence-corrected chi connectivity index (χ1v) is 2.54. The first-order valence-electron chi connectivity index (χ1n) is 2.54. The summed E-state index contributed by atoms with van der Waals surface area (Å²) in [6, 6.07) is 3.27. The number of rotatable bonds is 1. The molecule has 1 aromatic rings. The highest BCUT2D eigenvalue weighted by atomic mass is 17.1. The highest BCUT2D eigenvalue weighted by Gasteiger charge is 1.99. The third-order valence-electron chi connectivity index (χ3n) is 1.00. The molecule has 0 bridgehead atoms. The van der Waals surface area contributed by atoms with Crippen LogP contribution in [0, 0.1) is 11.3 Å². The zero-order valence-electron chi connectivity index (χ0n) is 4.98. The van der Waals surface area contributed by atoms with Gasteiger partial charge in [-0.05, 0) is 6.07 Å². The van der Waals surface area contributed by atoms with Gasteiger partial charge in [-0.25, -0.2) is 5.26 Å². The standard InChI is InChI=1S/C6H4N2O2/c7-3-5-1-2-8-4-6(5)10-9/h1-2,4,9H. The lowest BCUT2D eigenvalue weighted by atomic mass is 10.3. The Kier molecular flexibility index (Phi) is 1.83. The van der Waals surface area contributed by atoms with E-state index in [0.717, 1.165) is 0 Å². The van der Waals surface area contributed by atoms with E-state index in [0.29, 0.717) is 0 Å². The minimum Gasteiger partial charge on any atom is -0.337 e. The fourth-order valence-corrected chi connectivity index (χ4v) is 0.545. The van der Waals surface area contributed by atoms with E-state index >= 15 is 0 Å². The summed E-state index contributed by atoms with van der Waals surface area (Å²) in [5, 5.41) is 16.5. The number of hydrogen-bond donors (Lipinski definition) is 1. The predicted molar refractivity (Wildman–Crippen MR) is 32.2 cm³/mol. The van der Waals surface area contributed by atoms with Crippen molar-refractivity contribution in [3.8, 4) is 11.8 Å². The molecule has 0 amide bonds. The molecular weight excluding hydrogens is 132 g/mol. The molecule has 0 aromatic carbocycles. The highest BCUT2D eigenvalue weighted by Crippen LogP contribution is 2.12. The normalized spacial score (nSPS) is 8.40. The van der Waals surface area contributed by atoms with E-state index in [9.17, 15) is 0 Å². The molecule has 0 fully saturated rings. The van der Waals surface area contributed by atoms with E-state index in [1.165, 1.54) is 18.5 Å². The molecule has 50 valence electrons. The Balaban J connectivity index is 3.12. The van der Waals surface area contributed by atoms with Crippen LogP contribution in [0.3, 0.4) is 0 Å². The van der Waals surface area contributed by atoms with E-state index < -0.39 is 0 Å². The molecular formula is C6H4N2O2. The molecule has 4 heteroatoms. The average molecular weight is 136 g/mol. The Hall–Kier alpha value is -1.60. The van der Waals surface area contributed by atoms with Gasteiger partial charge in [0.05, 0.1) is 6.20 Å². The van der Waals surface area contributed by atoms with Crippen molar-refractivity contribution >= 4 is 0 Å². The molecule has 0 spiro atoms. The third-order valence-corrected chi connectivity index (χ3v) is 1.00. The summed E-state index contributed by atoms with van der Waals surface area (Å²) in [7, 11) is 0. The molecule has 10 heavy (non-hydrogen) atoms. The largest absolute Gasteiger partial charge is 0.337 e. The van der Waals surface area contributed by atoms with Crippen LogP contribution in [0.5, 0.6) is 5.75 Å². The number of pyridine rings is 1. The molecule has 0 radical (unpaired) electrons. The van der Waals surface area contributed by atoms with Crippen molar-refractivity contribution < 1.29 is 10.1 Å². The second-order valence-electron chi connectivity index (χ2n) is 1.57. The molecule has 0 aliphatic heterocycles. The van der Waals surface area contributed by atoms with Crippen molar-refractivity contribution in [1.29, 1.82) is 5.26 Å². The lowest BCUT2D eigenvalue weighted by molar-refractivity contribution is -0.138. The van der Waals surface area contributed by atoms with E-state index in [1.807, 2.05) is 6.07 Å². The summed E-state index contributed by atoms with van der Waals surface area (Å²) < 4.78 is 0. The zero-order chi connectivity index (χ0) is 7.40. The topological polar surface area (TPSA) is 66.1 Å². The third kappa shape index (κ3) is 1.04. The maximum atomic E-state index is 8.38. The van der Waals surface area contributed by atoms with Gasteiger partial charge in [0.25, 0.3) is 0 Å². The minimum absolute atomic E-state index is 0.0741. The maximum Gasteiger partial charge on any atom is 0.201 e. The molecule has 1 rings (SSSR count). The van der Waals surface area contributed by atoms with Crippen LogP contribution in [0.4, 0.5) is 0 Å². The Morgan fingerprint density at radius 2 is 2.50 bits per heavy atom. The summed E-state index contributed by atoms with van der Waals surface area (Å²) in [5.41, 5.74) is 0.262. The van der Waals surface area contributed by atoms with Crippen LogP contribution < -0.4 is 4.89 Å². The summed E-state index contributed by atoms with van der Waals surface area (Å²) >= 11 is 0. The molecule has 0 unspecified atom stereocenters. The summed E-state index contributed by atoms with van der Waals surface area (Å²) in [6.07, 6.45) is 2.71. The minimum atomic E-state index is 0.0741. The SMILES string of the molecule is N#Cc1ccncc1OO. The molecule has 0 atom stereocenters.